The second kappa shape index (κ2) is 7.43. The third kappa shape index (κ3) is 3.49. The molecule has 1 aromatic rings. The van der Waals surface area contributed by atoms with Gasteiger partial charge in [-0.1, -0.05) is 32.8 Å². The third-order valence-electron chi connectivity index (χ3n) is 3.46. The standard InChI is InChI=1S/C15H21BrN2/c1-4-12(5-2)11-18(6-3)15-9-7-8-14(16)13(15)10-17/h7-9,12H,4-6,11H2,1-3H3. The maximum absolute atomic E-state index is 9.29. The smallest absolute Gasteiger partial charge is 0.103 e. The van der Waals surface area contributed by atoms with Gasteiger partial charge in [0.15, 0.2) is 0 Å². The van der Waals surface area contributed by atoms with Crippen LogP contribution in [0.2, 0.25) is 0 Å². The number of benzene rings is 1. The van der Waals surface area contributed by atoms with Gasteiger partial charge in [0.25, 0.3) is 0 Å². The Morgan fingerprint density at radius 1 is 1.28 bits per heavy atom. The maximum Gasteiger partial charge on any atom is 0.103 e. The van der Waals surface area contributed by atoms with E-state index in [-0.39, 0.29) is 0 Å². The van der Waals surface area contributed by atoms with E-state index in [9.17, 15) is 5.26 Å². The number of hydrogen-bond donors (Lipinski definition) is 0. The molecular weight excluding hydrogens is 288 g/mol. The van der Waals surface area contributed by atoms with Crippen LogP contribution in [0.25, 0.3) is 0 Å². The average molecular weight is 309 g/mol. The zero-order valence-electron chi connectivity index (χ0n) is 11.4. The van der Waals surface area contributed by atoms with Gasteiger partial charge in [0.2, 0.25) is 0 Å². The quantitative estimate of drug-likeness (QED) is 0.769. The molecule has 0 saturated carbocycles. The van der Waals surface area contributed by atoms with E-state index >= 15 is 0 Å². The highest BCUT2D eigenvalue weighted by atomic mass is 79.9. The lowest BCUT2D eigenvalue weighted by Gasteiger charge is -2.28. The molecule has 1 rings (SSSR count). The number of halogens is 1. The van der Waals surface area contributed by atoms with Gasteiger partial charge >= 0.3 is 0 Å². The lowest BCUT2D eigenvalue weighted by atomic mass is 10.0. The van der Waals surface area contributed by atoms with Gasteiger partial charge in [-0.05, 0) is 40.9 Å². The molecule has 0 aromatic heterocycles. The molecule has 1 aromatic carbocycles. The Hall–Kier alpha value is -1.01. The molecule has 0 saturated heterocycles. The fourth-order valence-corrected chi connectivity index (χ4v) is 2.59. The van der Waals surface area contributed by atoms with Crippen molar-refractivity contribution < 1.29 is 0 Å². The van der Waals surface area contributed by atoms with Gasteiger partial charge in [-0.25, -0.2) is 0 Å². The van der Waals surface area contributed by atoms with E-state index < -0.39 is 0 Å². The molecule has 0 spiro atoms. The Bertz CT molecular complexity index is 419. The molecule has 0 aliphatic rings. The third-order valence-corrected chi connectivity index (χ3v) is 4.12. The van der Waals surface area contributed by atoms with E-state index in [0.717, 1.165) is 28.8 Å². The molecule has 0 aliphatic heterocycles. The predicted octanol–water partition coefficient (Wildman–Crippen LogP) is 4.58. The Morgan fingerprint density at radius 3 is 2.44 bits per heavy atom. The molecule has 0 fully saturated rings. The van der Waals surface area contributed by atoms with Gasteiger partial charge < -0.3 is 4.90 Å². The zero-order valence-corrected chi connectivity index (χ0v) is 13.0. The van der Waals surface area contributed by atoms with Crippen molar-refractivity contribution in [3.8, 4) is 6.07 Å². The van der Waals surface area contributed by atoms with Crippen LogP contribution in [0.1, 0.15) is 39.2 Å². The molecule has 2 nitrogen and oxygen atoms in total. The largest absolute Gasteiger partial charge is 0.370 e. The van der Waals surface area contributed by atoms with E-state index in [0.29, 0.717) is 5.92 Å². The summed E-state index contributed by atoms with van der Waals surface area (Å²) in [6, 6.07) is 8.26. The van der Waals surface area contributed by atoms with Gasteiger partial charge in [-0.3, -0.25) is 0 Å². The molecule has 3 heteroatoms. The minimum absolute atomic E-state index is 0.690. The van der Waals surface area contributed by atoms with Gasteiger partial charge in [-0.2, -0.15) is 5.26 Å². The minimum Gasteiger partial charge on any atom is -0.370 e. The minimum atomic E-state index is 0.690. The molecule has 18 heavy (non-hydrogen) atoms. The first-order valence-electron chi connectivity index (χ1n) is 6.61. The van der Waals surface area contributed by atoms with Crippen molar-refractivity contribution in [1.82, 2.24) is 0 Å². The summed E-state index contributed by atoms with van der Waals surface area (Å²) < 4.78 is 0.880. The van der Waals surface area contributed by atoms with Crippen molar-refractivity contribution in [1.29, 1.82) is 5.26 Å². The fraction of sp³-hybridized carbons (Fsp3) is 0.533. The van der Waals surface area contributed by atoms with E-state index in [1.54, 1.807) is 0 Å². The molecule has 0 atom stereocenters. The number of rotatable bonds is 6. The molecule has 0 heterocycles. The highest BCUT2D eigenvalue weighted by Crippen LogP contribution is 2.28. The Kier molecular flexibility index (Phi) is 6.21. The second-order valence-corrected chi connectivity index (χ2v) is 5.32. The first kappa shape index (κ1) is 15.0. The molecule has 98 valence electrons. The fourth-order valence-electron chi connectivity index (χ4n) is 2.14. The molecule has 0 bridgehead atoms. The van der Waals surface area contributed by atoms with Crippen LogP contribution in [0.4, 0.5) is 5.69 Å². The molecule has 0 unspecified atom stereocenters. The van der Waals surface area contributed by atoms with E-state index in [2.05, 4.69) is 47.7 Å². The molecule has 0 radical (unpaired) electrons. The normalized spacial score (nSPS) is 10.4. The Morgan fingerprint density at radius 2 is 1.94 bits per heavy atom. The second-order valence-electron chi connectivity index (χ2n) is 4.47. The van der Waals surface area contributed by atoms with Crippen molar-refractivity contribution in [3.05, 3.63) is 28.2 Å². The predicted molar refractivity (Wildman–Crippen MR) is 80.8 cm³/mol. The summed E-state index contributed by atoms with van der Waals surface area (Å²) in [7, 11) is 0. The highest BCUT2D eigenvalue weighted by molar-refractivity contribution is 9.10. The maximum atomic E-state index is 9.29. The van der Waals surface area contributed by atoms with Gasteiger partial charge in [-0.15, -0.1) is 0 Å². The van der Waals surface area contributed by atoms with Crippen LogP contribution in [0.15, 0.2) is 22.7 Å². The van der Waals surface area contributed by atoms with Gasteiger partial charge in [0, 0.05) is 17.6 Å². The summed E-state index contributed by atoms with van der Waals surface area (Å²) in [4.78, 5) is 2.31. The van der Waals surface area contributed by atoms with Crippen molar-refractivity contribution in [2.75, 3.05) is 18.0 Å². The number of hydrogen-bond acceptors (Lipinski definition) is 2. The highest BCUT2D eigenvalue weighted by Gasteiger charge is 2.15. The summed E-state index contributed by atoms with van der Waals surface area (Å²) in [6.07, 6.45) is 2.37. The van der Waals surface area contributed by atoms with Gasteiger partial charge in [0.1, 0.15) is 6.07 Å². The monoisotopic (exact) mass is 308 g/mol. The van der Waals surface area contributed by atoms with E-state index in [4.69, 9.17) is 0 Å². The molecule has 0 aliphatic carbocycles. The van der Waals surface area contributed by atoms with Crippen LogP contribution < -0.4 is 4.90 Å². The topological polar surface area (TPSA) is 27.0 Å². The Balaban J connectivity index is 3.02. The summed E-state index contributed by atoms with van der Waals surface area (Å²) in [5, 5.41) is 9.29. The zero-order chi connectivity index (χ0) is 13.5. The molecule has 0 N–H and O–H groups in total. The van der Waals surface area contributed by atoms with E-state index in [1.807, 2.05) is 18.2 Å². The first-order valence-corrected chi connectivity index (χ1v) is 7.40. The molecule has 0 amide bonds. The van der Waals surface area contributed by atoms with Crippen LogP contribution in [0.5, 0.6) is 0 Å². The van der Waals surface area contributed by atoms with Crippen molar-refractivity contribution in [2.45, 2.75) is 33.6 Å². The van der Waals surface area contributed by atoms with Crippen molar-refractivity contribution in [3.63, 3.8) is 0 Å². The number of anilines is 1. The summed E-state index contributed by atoms with van der Waals surface area (Å²) in [5.74, 6) is 0.690. The van der Waals surface area contributed by atoms with Crippen LogP contribution in [-0.4, -0.2) is 13.1 Å². The summed E-state index contributed by atoms with van der Waals surface area (Å²) in [6.45, 7) is 8.56. The van der Waals surface area contributed by atoms with Crippen LogP contribution >= 0.6 is 15.9 Å². The lowest BCUT2D eigenvalue weighted by Crippen LogP contribution is -2.29. The molecular formula is C15H21BrN2. The lowest BCUT2D eigenvalue weighted by molar-refractivity contribution is 0.486. The van der Waals surface area contributed by atoms with Crippen molar-refractivity contribution in [2.24, 2.45) is 5.92 Å². The number of nitriles is 1. The summed E-state index contributed by atoms with van der Waals surface area (Å²) >= 11 is 3.46. The SMILES string of the molecule is CCC(CC)CN(CC)c1cccc(Br)c1C#N. The first-order chi connectivity index (χ1) is 8.67. The summed E-state index contributed by atoms with van der Waals surface area (Å²) in [5.41, 5.74) is 1.78. The van der Waals surface area contributed by atoms with Crippen molar-refractivity contribution >= 4 is 21.6 Å². The van der Waals surface area contributed by atoms with E-state index in [1.165, 1.54) is 12.8 Å². The Labute approximate surface area is 119 Å². The van der Waals surface area contributed by atoms with Crippen LogP contribution in [-0.2, 0) is 0 Å². The van der Waals surface area contributed by atoms with Gasteiger partial charge in [0.05, 0.1) is 11.3 Å². The number of nitrogens with zero attached hydrogens (tertiary/aromatic N) is 2. The van der Waals surface area contributed by atoms with Crippen LogP contribution in [0, 0.1) is 17.2 Å². The average Bonchev–Trinajstić information content (AvgIpc) is 2.40. The van der Waals surface area contributed by atoms with Crippen LogP contribution in [0.3, 0.4) is 0 Å².